The zero-order valence-electron chi connectivity index (χ0n) is 18.9. The van der Waals surface area contributed by atoms with Gasteiger partial charge in [0.15, 0.2) is 5.82 Å². The monoisotopic (exact) mass is 592 g/mol. The molecule has 0 saturated carbocycles. The minimum absolute atomic E-state index is 0.667. The molecule has 4 nitrogen and oxygen atoms in total. The maximum absolute atomic E-state index is 4.99. The first-order chi connectivity index (χ1) is 17.6. The third-order valence-electron chi connectivity index (χ3n) is 5.92. The van der Waals surface area contributed by atoms with Gasteiger partial charge >= 0.3 is 0 Å². The fourth-order valence-corrected chi connectivity index (χ4v) is 5.45. The van der Waals surface area contributed by atoms with Crippen LogP contribution in [0.5, 0.6) is 0 Å². The van der Waals surface area contributed by atoms with Crippen LogP contribution < -0.4 is 0 Å². The summed E-state index contributed by atoms with van der Waals surface area (Å²) in [5.74, 6) is 0.667. The molecular weight excluding hydrogens is 576 g/mol. The second-order valence-corrected chi connectivity index (χ2v) is 10.2. The van der Waals surface area contributed by atoms with Crippen molar-refractivity contribution < 1.29 is 0 Å². The van der Waals surface area contributed by atoms with Crippen molar-refractivity contribution >= 4 is 42.8 Å². The van der Waals surface area contributed by atoms with Gasteiger partial charge in [0.05, 0.1) is 16.9 Å². The summed E-state index contributed by atoms with van der Waals surface area (Å²) in [4.78, 5) is 18.6. The van der Waals surface area contributed by atoms with Crippen LogP contribution in [0, 0.1) is 0 Å². The summed E-state index contributed by atoms with van der Waals surface area (Å²) in [5, 5.41) is 1.05. The number of benzene rings is 3. The molecule has 3 aromatic heterocycles. The molecule has 3 aromatic carbocycles. The topological polar surface area (TPSA) is 51.6 Å². The fraction of sp³-hybridized carbons (Fsp3) is 0. The van der Waals surface area contributed by atoms with Crippen molar-refractivity contribution in [3.8, 4) is 45.0 Å². The Balaban J connectivity index is 1.50. The minimum atomic E-state index is 0.667. The van der Waals surface area contributed by atoms with Crippen LogP contribution >= 0.6 is 31.9 Å². The van der Waals surface area contributed by atoms with Crippen LogP contribution in [0.4, 0.5) is 0 Å². The molecule has 172 valence electrons. The van der Waals surface area contributed by atoms with Gasteiger partial charge in [0.2, 0.25) is 0 Å². The van der Waals surface area contributed by atoms with E-state index in [2.05, 4.69) is 96.4 Å². The van der Waals surface area contributed by atoms with E-state index in [1.807, 2.05) is 42.6 Å². The van der Waals surface area contributed by atoms with Gasteiger partial charge in [-0.1, -0.05) is 68.3 Å². The van der Waals surface area contributed by atoms with Gasteiger partial charge in [0.25, 0.3) is 0 Å². The molecule has 6 aromatic rings. The van der Waals surface area contributed by atoms with Crippen molar-refractivity contribution in [1.82, 2.24) is 19.9 Å². The Morgan fingerprint density at radius 1 is 0.528 bits per heavy atom. The van der Waals surface area contributed by atoms with Crippen LogP contribution in [0.1, 0.15) is 0 Å². The summed E-state index contributed by atoms with van der Waals surface area (Å²) >= 11 is 7.22. The molecule has 36 heavy (non-hydrogen) atoms. The van der Waals surface area contributed by atoms with E-state index in [0.717, 1.165) is 59.1 Å². The summed E-state index contributed by atoms with van der Waals surface area (Å²) in [6, 6.07) is 30.7. The second kappa shape index (κ2) is 9.72. The average Bonchev–Trinajstić information content (AvgIpc) is 2.92. The van der Waals surface area contributed by atoms with Crippen molar-refractivity contribution in [3.05, 3.63) is 119 Å². The average molecular weight is 594 g/mol. The third-order valence-corrected chi connectivity index (χ3v) is 6.84. The summed E-state index contributed by atoms with van der Waals surface area (Å²) in [6.45, 7) is 0. The van der Waals surface area contributed by atoms with E-state index >= 15 is 0 Å². The lowest BCUT2D eigenvalue weighted by atomic mass is 10.0. The highest BCUT2D eigenvalue weighted by molar-refractivity contribution is 9.11. The largest absolute Gasteiger partial charge is 0.264 e. The van der Waals surface area contributed by atoms with E-state index in [0.29, 0.717) is 5.82 Å². The van der Waals surface area contributed by atoms with E-state index in [9.17, 15) is 0 Å². The van der Waals surface area contributed by atoms with Gasteiger partial charge in [-0.15, -0.1) is 0 Å². The number of hydrogen-bond acceptors (Lipinski definition) is 4. The first-order valence-corrected chi connectivity index (χ1v) is 12.9. The highest BCUT2D eigenvalue weighted by Crippen LogP contribution is 2.32. The number of pyridine rings is 2. The van der Waals surface area contributed by atoms with Crippen molar-refractivity contribution in [2.24, 2.45) is 0 Å². The maximum atomic E-state index is 4.99. The first kappa shape index (κ1) is 22.7. The predicted octanol–water partition coefficient (Wildman–Crippen LogP) is 8.61. The maximum Gasteiger partial charge on any atom is 0.160 e. The highest BCUT2D eigenvalue weighted by atomic mass is 79.9. The number of nitrogens with zero attached hydrogens (tertiary/aromatic N) is 4. The molecule has 6 heteroatoms. The summed E-state index contributed by atoms with van der Waals surface area (Å²) in [6.07, 6.45) is 5.46. The molecule has 0 N–H and O–H groups in total. The minimum Gasteiger partial charge on any atom is -0.264 e. The molecule has 0 unspecified atom stereocenters. The lowest BCUT2D eigenvalue weighted by Gasteiger charge is -2.11. The van der Waals surface area contributed by atoms with Gasteiger partial charge in [-0.25, -0.2) is 9.97 Å². The molecule has 0 aliphatic carbocycles. The first-order valence-electron chi connectivity index (χ1n) is 11.3. The Morgan fingerprint density at radius 2 is 1.22 bits per heavy atom. The zero-order valence-corrected chi connectivity index (χ0v) is 22.1. The highest BCUT2D eigenvalue weighted by Gasteiger charge is 2.13. The van der Waals surface area contributed by atoms with Gasteiger partial charge in [0.1, 0.15) is 0 Å². The zero-order chi connectivity index (χ0) is 24.5. The van der Waals surface area contributed by atoms with Gasteiger partial charge in [-0.2, -0.15) is 0 Å². The Labute approximate surface area is 225 Å². The van der Waals surface area contributed by atoms with E-state index < -0.39 is 0 Å². The summed E-state index contributed by atoms with van der Waals surface area (Å²) in [7, 11) is 0. The smallest absolute Gasteiger partial charge is 0.160 e. The van der Waals surface area contributed by atoms with Crippen LogP contribution in [-0.2, 0) is 0 Å². The summed E-state index contributed by atoms with van der Waals surface area (Å²) in [5.41, 5.74) is 7.80. The number of rotatable bonds is 4. The van der Waals surface area contributed by atoms with E-state index in [1.54, 1.807) is 12.4 Å². The molecule has 0 aliphatic rings. The molecule has 6 rings (SSSR count). The van der Waals surface area contributed by atoms with Gasteiger partial charge in [0, 0.05) is 49.6 Å². The Morgan fingerprint density at radius 3 is 1.97 bits per heavy atom. The molecule has 0 saturated heterocycles. The van der Waals surface area contributed by atoms with Crippen molar-refractivity contribution in [2.75, 3.05) is 0 Å². The Hall–Kier alpha value is -3.74. The molecule has 0 amide bonds. The standard InChI is InChI=1S/C30H18Br2N4/c31-25-14-24(15-26(32)16-25)29-17-28(20-7-5-19(6-8-20)23-4-1-11-33-18-23)35-30(36-29)22-9-10-27-21(13-22)3-2-12-34-27/h1-18H. The lowest BCUT2D eigenvalue weighted by molar-refractivity contribution is 1.18. The van der Waals surface area contributed by atoms with Crippen LogP contribution in [0.25, 0.3) is 55.9 Å². The summed E-state index contributed by atoms with van der Waals surface area (Å²) < 4.78 is 1.96. The number of aromatic nitrogens is 4. The molecule has 0 atom stereocenters. The van der Waals surface area contributed by atoms with Crippen LogP contribution in [0.3, 0.4) is 0 Å². The molecular formula is C30H18Br2N4. The van der Waals surface area contributed by atoms with Gasteiger partial charge in [-0.3, -0.25) is 9.97 Å². The quantitative estimate of drug-likeness (QED) is 0.205. The molecule has 3 heterocycles. The lowest BCUT2D eigenvalue weighted by Crippen LogP contribution is -1.96. The SMILES string of the molecule is Brc1cc(Br)cc(-c2cc(-c3ccc(-c4cccnc4)cc3)nc(-c3ccc4ncccc4c3)n2)c1. The fourth-order valence-electron chi connectivity index (χ4n) is 4.16. The normalized spacial score (nSPS) is 11.1. The van der Waals surface area contributed by atoms with Crippen LogP contribution in [-0.4, -0.2) is 19.9 Å². The predicted molar refractivity (Wildman–Crippen MR) is 152 cm³/mol. The number of fused-ring (bicyclic) bond motifs is 1. The van der Waals surface area contributed by atoms with Crippen LogP contribution in [0.2, 0.25) is 0 Å². The molecule has 0 aliphatic heterocycles. The molecule has 0 bridgehead atoms. The number of halogens is 2. The Kier molecular flexibility index (Phi) is 6.13. The van der Waals surface area contributed by atoms with Crippen molar-refractivity contribution in [3.63, 3.8) is 0 Å². The molecule has 0 radical (unpaired) electrons. The number of hydrogen-bond donors (Lipinski definition) is 0. The third kappa shape index (κ3) is 4.70. The van der Waals surface area contributed by atoms with E-state index in [1.165, 1.54) is 0 Å². The molecule has 0 spiro atoms. The Bertz CT molecular complexity index is 1680. The van der Waals surface area contributed by atoms with Gasteiger partial charge in [-0.05, 0) is 65.7 Å². The van der Waals surface area contributed by atoms with E-state index in [4.69, 9.17) is 9.97 Å². The second-order valence-electron chi connectivity index (χ2n) is 8.35. The van der Waals surface area contributed by atoms with Crippen molar-refractivity contribution in [2.45, 2.75) is 0 Å². The van der Waals surface area contributed by atoms with E-state index in [-0.39, 0.29) is 0 Å². The van der Waals surface area contributed by atoms with Gasteiger partial charge < -0.3 is 0 Å². The van der Waals surface area contributed by atoms with Crippen molar-refractivity contribution in [1.29, 1.82) is 0 Å². The van der Waals surface area contributed by atoms with Crippen LogP contribution in [0.15, 0.2) is 119 Å². The molecule has 0 fully saturated rings.